The van der Waals surface area contributed by atoms with E-state index < -0.39 is 0 Å². The highest BCUT2D eigenvalue weighted by molar-refractivity contribution is 5.59. The fraction of sp³-hybridized carbons (Fsp3) is 0.286. The van der Waals surface area contributed by atoms with Crippen LogP contribution >= 0.6 is 0 Å². The Morgan fingerprint density at radius 1 is 1.04 bits per heavy atom. The molecule has 0 fully saturated rings. The predicted octanol–water partition coefficient (Wildman–Crippen LogP) is 3.13. The van der Waals surface area contributed by atoms with Gasteiger partial charge in [-0.15, -0.1) is 0 Å². The first-order valence-electron chi connectivity index (χ1n) is 9.07. The number of aryl methyl sites for hydroxylation is 2. The maximum Gasteiger partial charge on any atom is 0.259 e. The van der Waals surface area contributed by atoms with Crippen LogP contribution in [-0.4, -0.2) is 26.1 Å². The van der Waals surface area contributed by atoms with Gasteiger partial charge in [-0.1, -0.05) is 18.2 Å². The molecule has 0 aliphatic carbocycles. The van der Waals surface area contributed by atoms with Gasteiger partial charge in [0, 0.05) is 29.7 Å². The van der Waals surface area contributed by atoms with E-state index in [-0.39, 0.29) is 5.56 Å². The van der Waals surface area contributed by atoms with Crippen molar-refractivity contribution in [3.05, 3.63) is 81.5 Å². The van der Waals surface area contributed by atoms with Crippen molar-refractivity contribution in [1.29, 1.82) is 0 Å². The first-order chi connectivity index (χ1) is 13.0. The fourth-order valence-electron chi connectivity index (χ4n) is 3.40. The molecule has 27 heavy (non-hydrogen) atoms. The van der Waals surface area contributed by atoms with E-state index in [0.717, 1.165) is 17.1 Å². The Hall–Kier alpha value is -2.99. The Bertz CT molecular complexity index is 1030. The van der Waals surface area contributed by atoms with Crippen LogP contribution in [0.5, 0.6) is 0 Å². The summed E-state index contributed by atoms with van der Waals surface area (Å²) in [6, 6.07) is 14.2. The van der Waals surface area contributed by atoms with Gasteiger partial charge in [-0.25, -0.2) is 4.98 Å². The van der Waals surface area contributed by atoms with Crippen molar-refractivity contribution in [2.24, 2.45) is 0 Å². The van der Waals surface area contributed by atoms with Gasteiger partial charge >= 0.3 is 0 Å². The van der Waals surface area contributed by atoms with E-state index in [1.807, 2.05) is 38.1 Å². The second kappa shape index (κ2) is 6.96. The van der Waals surface area contributed by atoms with Gasteiger partial charge in [0.1, 0.15) is 0 Å². The molecule has 6 heteroatoms. The lowest BCUT2D eigenvalue weighted by Crippen LogP contribution is -2.47. The third kappa shape index (κ3) is 3.36. The highest BCUT2D eigenvalue weighted by atomic mass is 16.1. The summed E-state index contributed by atoms with van der Waals surface area (Å²) in [5.74, 6) is 0.700. The largest absolute Gasteiger partial charge is 0.298 e. The fourth-order valence-corrected chi connectivity index (χ4v) is 3.40. The number of rotatable bonds is 3. The molecule has 3 aromatic rings. The molecular weight excluding hydrogens is 338 g/mol. The van der Waals surface area contributed by atoms with E-state index >= 15 is 0 Å². The first kappa shape index (κ1) is 17.4. The van der Waals surface area contributed by atoms with Crippen molar-refractivity contribution in [3.8, 4) is 0 Å². The van der Waals surface area contributed by atoms with Crippen molar-refractivity contribution in [1.82, 2.24) is 19.4 Å². The summed E-state index contributed by atoms with van der Waals surface area (Å²) < 4.78 is 1.76. The van der Waals surface area contributed by atoms with Gasteiger partial charge in [0.15, 0.2) is 0 Å². The molecular formula is C21H23N5O. The van der Waals surface area contributed by atoms with Crippen molar-refractivity contribution < 1.29 is 0 Å². The third-order valence-electron chi connectivity index (χ3n) is 4.97. The normalized spacial score (nSPS) is 14.3. The monoisotopic (exact) mass is 361 g/mol. The van der Waals surface area contributed by atoms with E-state index in [2.05, 4.69) is 39.9 Å². The average Bonchev–Trinajstić information content (AvgIpc) is 2.67. The maximum absolute atomic E-state index is 12.9. The van der Waals surface area contributed by atoms with E-state index in [1.54, 1.807) is 10.8 Å². The standard InChI is InChI=1S/C21H23N5O/c1-15-7-6-9-19(11-15)25-13-24(12-18-8-4-5-10-22-18)14-26-20(27)16(2)17(3)23-21(25)26/h4-11H,12-14H2,1-3H3. The molecule has 1 aliphatic rings. The van der Waals surface area contributed by atoms with Crippen LogP contribution in [0.3, 0.4) is 0 Å². The van der Waals surface area contributed by atoms with Gasteiger partial charge in [-0.05, 0) is 50.6 Å². The lowest BCUT2D eigenvalue weighted by Gasteiger charge is -2.38. The van der Waals surface area contributed by atoms with Crippen LogP contribution in [-0.2, 0) is 13.2 Å². The van der Waals surface area contributed by atoms with E-state index in [4.69, 9.17) is 4.98 Å². The molecule has 0 saturated heterocycles. The van der Waals surface area contributed by atoms with Crippen LogP contribution in [0.25, 0.3) is 0 Å². The quantitative estimate of drug-likeness (QED) is 0.717. The van der Waals surface area contributed by atoms with Crippen LogP contribution in [0.4, 0.5) is 11.6 Å². The number of pyridine rings is 1. The molecule has 1 aromatic carbocycles. The lowest BCUT2D eigenvalue weighted by molar-refractivity contribution is 0.187. The molecule has 0 spiro atoms. The van der Waals surface area contributed by atoms with Crippen LogP contribution in [0, 0.1) is 20.8 Å². The second-order valence-electron chi connectivity index (χ2n) is 7.06. The van der Waals surface area contributed by atoms with Crippen molar-refractivity contribution >= 4 is 11.6 Å². The Morgan fingerprint density at radius 3 is 2.63 bits per heavy atom. The molecule has 0 radical (unpaired) electrons. The van der Waals surface area contributed by atoms with E-state index in [0.29, 0.717) is 31.4 Å². The molecule has 0 N–H and O–H groups in total. The first-order valence-corrected chi connectivity index (χ1v) is 9.07. The topological polar surface area (TPSA) is 54.3 Å². The lowest BCUT2D eigenvalue weighted by atomic mass is 10.2. The smallest absolute Gasteiger partial charge is 0.259 e. The molecule has 0 bridgehead atoms. The highest BCUT2D eigenvalue weighted by Crippen LogP contribution is 2.28. The third-order valence-corrected chi connectivity index (χ3v) is 4.97. The van der Waals surface area contributed by atoms with Gasteiger partial charge in [0.05, 0.1) is 19.0 Å². The Labute approximate surface area is 158 Å². The Kier molecular flexibility index (Phi) is 4.49. The minimum atomic E-state index is 0.0147. The van der Waals surface area contributed by atoms with Gasteiger partial charge in [0.2, 0.25) is 5.95 Å². The number of nitrogens with zero attached hydrogens (tertiary/aromatic N) is 5. The van der Waals surface area contributed by atoms with Gasteiger partial charge in [-0.2, -0.15) is 0 Å². The maximum atomic E-state index is 12.9. The van der Waals surface area contributed by atoms with Gasteiger partial charge in [0.25, 0.3) is 5.56 Å². The van der Waals surface area contributed by atoms with Gasteiger partial charge in [-0.3, -0.25) is 24.1 Å². The average molecular weight is 361 g/mol. The number of benzene rings is 1. The zero-order chi connectivity index (χ0) is 19.0. The number of anilines is 2. The van der Waals surface area contributed by atoms with Crippen LogP contribution < -0.4 is 10.5 Å². The zero-order valence-corrected chi connectivity index (χ0v) is 15.9. The van der Waals surface area contributed by atoms with Crippen molar-refractivity contribution in [2.45, 2.75) is 34.0 Å². The van der Waals surface area contributed by atoms with Gasteiger partial charge < -0.3 is 0 Å². The molecule has 3 heterocycles. The Morgan fingerprint density at radius 2 is 1.89 bits per heavy atom. The molecule has 6 nitrogen and oxygen atoms in total. The molecule has 0 saturated carbocycles. The predicted molar refractivity (Wildman–Crippen MR) is 106 cm³/mol. The van der Waals surface area contributed by atoms with Crippen molar-refractivity contribution in [3.63, 3.8) is 0 Å². The summed E-state index contributed by atoms with van der Waals surface area (Å²) >= 11 is 0. The minimum Gasteiger partial charge on any atom is -0.298 e. The molecule has 0 amide bonds. The summed E-state index contributed by atoms with van der Waals surface area (Å²) in [4.78, 5) is 26.4. The summed E-state index contributed by atoms with van der Waals surface area (Å²) in [5.41, 5.74) is 4.68. The number of hydrogen-bond donors (Lipinski definition) is 0. The van der Waals surface area contributed by atoms with E-state index in [9.17, 15) is 4.79 Å². The molecule has 1 aliphatic heterocycles. The van der Waals surface area contributed by atoms with Crippen LogP contribution in [0.1, 0.15) is 22.5 Å². The number of aromatic nitrogens is 3. The van der Waals surface area contributed by atoms with Crippen molar-refractivity contribution in [2.75, 3.05) is 11.6 Å². The summed E-state index contributed by atoms with van der Waals surface area (Å²) in [7, 11) is 0. The summed E-state index contributed by atoms with van der Waals surface area (Å²) in [6.07, 6.45) is 1.80. The molecule has 0 unspecified atom stereocenters. The molecule has 4 rings (SSSR count). The molecule has 0 atom stereocenters. The highest BCUT2D eigenvalue weighted by Gasteiger charge is 2.27. The van der Waals surface area contributed by atoms with Crippen LogP contribution in [0.15, 0.2) is 53.5 Å². The molecule has 138 valence electrons. The number of hydrogen-bond acceptors (Lipinski definition) is 5. The zero-order valence-electron chi connectivity index (χ0n) is 15.9. The molecule has 2 aromatic heterocycles. The summed E-state index contributed by atoms with van der Waals surface area (Å²) in [5, 5.41) is 0. The van der Waals surface area contributed by atoms with Crippen LogP contribution in [0.2, 0.25) is 0 Å². The minimum absolute atomic E-state index is 0.0147. The van der Waals surface area contributed by atoms with E-state index in [1.165, 1.54) is 5.56 Å². The number of fused-ring (bicyclic) bond motifs is 1. The Balaban J connectivity index is 1.79. The summed E-state index contributed by atoms with van der Waals surface area (Å²) in [6.45, 7) is 7.62. The second-order valence-corrected chi connectivity index (χ2v) is 7.06. The SMILES string of the molecule is Cc1cccc(N2CN(Cc3ccccn3)Cn3c2nc(C)c(C)c3=O)c1.